The third kappa shape index (κ3) is 3.64. The van der Waals surface area contributed by atoms with Crippen LogP contribution in [0.2, 0.25) is 0 Å². The van der Waals surface area contributed by atoms with Crippen LogP contribution in [0.15, 0.2) is 24.3 Å². The van der Waals surface area contributed by atoms with Gasteiger partial charge in [0.2, 0.25) is 0 Å². The predicted octanol–water partition coefficient (Wildman–Crippen LogP) is 0.599. The number of rotatable bonds is 2. The Kier molecular flexibility index (Phi) is 5.99. The SMILES string of the molecule is C=C1C2OC2[C@H](OC(C)=O)[C@@]2(C)C=CC(=O)[C@@](C)(O)[C@@H]2[C@H](OC(C)=O)[C@]2(O)[C@@H](C)C(=O)O[C@H]2[C@H]1Cl. The number of ketones is 1. The van der Waals surface area contributed by atoms with Crippen molar-refractivity contribution in [2.75, 3.05) is 0 Å². The highest BCUT2D eigenvalue weighted by Gasteiger charge is 2.73. The Bertz CT molecular complexity index is 1040. The maximum atomic E-state index is 12.9. The number of fused-ring (bicyclic) bond motifs is 3. The van der Waals surface area contributed by atoms with Gasteiger partial charge in [0.05, 0.1) is 11.3 Å². The van der Waals surface area contributed by atoms with Crippen LogP contribution in [0.1, 0.15) is 34.6 Å². The lowest BCUT2D eigenvalue weighted by molar-refractivity contribution is -0.228. The van der Waals surface area contributed by atoms with Crippen molar-refractivity contribution in [3.8, 4) is 0 Å². The monoisotopic (exact) mass is 512 g/mol. The Labute approximate surface area is 207 Å². The number of hydrogen-bond acceptors (Lipinski definition) is 10. The average molecular weight is 513 g/mol. The highest BCUT2D eigenvalue weighted by molar-refractivity contribution is 6.23. The fourth-order valence-corrected chi connectivity index (χ4v) is 6.35. The van der Waals surface area contributed by atoms with Crippen molar-refractivity contribution in [1.29, 1.82) is 0 Å². The zero-order valence-electron chi connectivity index (χ0n) is 20.0. The molecule has 2 unspecified atom stereocenters. The summed E-state index contributed by atoms with van der Waals surface area (Å²) >= 11 is 6.67. The van der Waals surface area contributed by atoms with E-state index in [1.807, 2.05) is 0 Å². The van der Waals surface area contributed by atoms with Crippen molar-refractivity contribution >= 4 is 35.3 Å². The lowest BCUT2D eigenvalue weighted by atomic mass is 9.54. The van der Waals surface area contributed by atoms with E-state index in [0.29, 0.717) is 0 Å². The van der Waals surface area contributed by atoms with E-state index in [0.717, 1.165) is 13.0 Å². The molecule has 4 rings (SSSR count). The van der Waals surface area contributed by atoms with Crippen LogP contribution in [-0.4, -0.2) is 81.0 Å². The molecular formula is C24H29ClO10. The van der Waals surface area contributed by atoms with Crippen molar-refractivity contribution in [2.24, 2.45) is 17.3 Å². The Morgan fingerprint density at radius 2 is 1.69 bits per heavy atom. The summed E-state index contributed by atoms with van der Waals surface area (Å²) in [6.07, 6.45) is -3.13. The fraction of sp³-hybridized carbons (Fsp3) is 0.667. The average Bonchev–Trinajstić information content (AvgIpc) is 3.50. The topological polar surface area (TPSA) is 149 Å². The first kappa shape index (κ1) is 25.8. The largest absolute Gasteiger partial charge is 0.459 e. The Morgan fingerprint density at radius 3 is 2.26 bits per heavy atom. The molecular weight excluding hydrogens is 484 g/mol. The second-order valence-electron chi connectivity index (χ2n) is 10.2. The van der Waals surface area contributed by atoms with E-state index in [4.69, 9.17) is 30.5 Å². The second kappa shape index (κ2) is 8.12. The van der Waals surface area contributed by atoms with E-state index in [2.05, 4.69) is 6.58 Å². The van der Waals surface area contributed by atoms with Crippen molar-refractivity contribution in [3.05, 3.63) is 24.3 Å². The molecule has 11 atom stereocenters. The molecule has 0 amide bonds. The number of hydrogen-bond donors (Lipinski definition) is 2. The molecule has 2 aliphatic carbocycles. The van der Waals surface area contributed by atoms with Gasteiger partial charge in [-0.2, -0.15) is 0 Å². The summed E-state index contributed by atoms with van der Waals surface area (Å²) in [6, 6.07) is 0. The van der Waals surface area contributed by atoms with Crippen molar-refractivity contribution in [3.63, 3.8) is 0 Å². The normalized spacial score (nSPS) is 48.7. The number of alkyl halides is 1. The van der Waals surface area contributed by atoms with Crippen LogP contribution in [-0.2, 0) is 38.1 Å². The quantitative estimate of drug-likeness (QED) is 0.177. The summed E-state index contributed by atoms with van der Waals surface area (Å²) in [5.74, 6) is -5.72. The number of halogens is 1. The van der Waals surface area contributed by atoms with Crippen LogP contribution in [0, 0.1) is 17.3 Å². The summed E-state index contributed by atoms with van der Waals surface area (Å²) in [7, 11) is 0. The zero-order chi connectivity index (χ0) is 26.2. The minimum atomic E-state index is -2.29. The molecule has 1 saturated carbocycles. The molecule has 11 heteroatoms. The molecule has 3 fully saturated rings. The highest BCUT2D eigenvalue weighted by Crippen LogP contribution is 2.57. The van der Waals surface area contributed by atoms with Crippen LogP contribution in [0.3, 0.4) is 0 Å². The van der Waals surface area contributed by atoms with E-state index in [9.17, 15) is 29.4 Å². The molecule has 0 radical (unpaired) electrons. The molecule has 0 aromatic rings. The third-order valence-electron chi connectivity index (χ3n) is 7.88. The lowest BCUT2D eigenvalue weighted by Crippen LogP contribution is -2.70. The van der Waals surface area contributed by atoms with Gasteiger partial charge in [0.25, 0.3) is 0 Å². The van der Waals surface area contributed by atoms with Crippen LogP contribution >= 0.6 is 11.6 Å². The number of epoxide rings is 1. The number of aliphatic hydroxyl groups is 2. The summed E-state index contributed by atoms with van der Waals surface area (Å²) in [5, 5.41) is 22.5. The molecule has 2 saturated heterocycles. The van der Waals surface area contributed by atoms with Gasteiger partial charge in [0, 0.05) is 25.2 Å². The zero-order valence-corrected chi connectivity index (χ0v) is 20.8. The van der Waals surface area contributed by atoms with Crippen molar-refractivity contribution in [2.45, 2.75) is 81.7 Å². The van der Waals surface area contributed by atoms with Crippen molar-refractivity contribution in [1.82, 2.24) is 0 Å². The van der Waals surface area contributed by atoms with Gasteiger partial charge in [0.1, 0.15) is 30.0 Å². The number of carbonyl (C=O) groups excluding carboxylic acids is 4. The molecule has 4 aliphatic rings. The van der Waals surface area contributed by atoms with Crippen LogP contribution in [0.4, 0.5) is 0 Å². The van der Waals surface area contributed by atoms with E-state index in [1.54, 1.807) is 6.92 Å². The Balaban J connectivity index is 2.04. The van der Waals surface area contributed by atoms with E-state index in [-0.39, 0.29) is 5.57 Å². The van der Waals surface area contributed by atoms with Crippen LogP contribution < -0.4 is 0 Å². The molecule has 35 heavy (non-hydrogen) atoms. The molecule has 10 nitrogen and oxygen atoms in total. The van der Waals surface area contributed by atoms with Gasteiger partial charge in [-0.25, -0.2) is 0 Å². The molecule has 0 bridgehead atoms. The number of ether oxygens (including phenoxy) is 4. The molecule has 192 valence electrons. The molecule has 2 heterocycles. The summed E-state index contributed by atoms with van der Waals surface area (Å²) in [4.78, 5) is 50.1. The summed E-state index contributed by atoms with van der Waals surface area (Å²) in [5.41, 5.74) is -5.67. The van der Waals surface area contributed by atoms with E-state index in [1.165, 1.54) is 26.8 Å². The molecule has 2 aliphatic heterocycles. The maximum Gasteiger partial charge on any atom is 0.312 e. The first-order valence-electron chi connectivity index (χ1n) is 11.3. The smallest absolute Gasteiger partial charge is 0.312 e. The molecule has 0 spiro atoms. The van der Waals surface area contributed by atoms with Gasteiger partial charge >= 0.3 is 17.9 Å². The van der Waals surface area contributed by atoms with Gasteiger partial charge in [-0.1, -0.05) is 19.6 Å². The fourth-order valence-electron chi connectivity index (χ4n) is 5.98. The number of carbonyl (C=O) groups is 4. The second-order valence-corrected chi connectivity index (χ2v) is 10.7. The number of esters is 3. The minimum absolute atomic E-state index is 0.269. The van der Waals surface area contributed by atoms with Crippen LogP contribution in [0.5, 0.6) is 0 Å². The minimum Gasteiger partial charge on any atom is -0.459 e. The third-order valence-corrected chi connectivity index (χ3v) is 8.39. The van der Waals surface area contributed by atoms with Gasteiger partial charge in [-0.05, 0) is 25.5 Å². The summed E-state index contributed by atoms with van der Waals surface area (Å²) < 4.78 is 22.6. The van der Waals surface area contributed by atoms with E-state index < -0.39 is 88.0 Å². The predicted molar refractivity (Wildman–Crippen MR) is 119 cm³/mol. The van der Waals surface area contributed by atoms with E-state index >= 15 is 0 Å². The lowest BCUT2D eigenvalue weighted by Gasteiger charge is -2.54. The van der Waals surface area contributed by atoms with Gasteiger partial charge in [0.15, 0.2) is 17.5 Å². The molecule has 2 N–H and O–H groups in total. The Hall–Kier alpha value is -2.27. The Morgan fingerprint density at radius 1 is 1.11 bits per heavy atom. The molecule has 0 aromatic heterocycles. The molecule has 0 aromatic carbocycles. The highest BCUT2D eigenvalue weighted by atomic mass is 35.5. The first-order valence-corrected chi connectivity index (χ1v) is 11.7. The maximum absolute atomic E-state index is 12.9. The van der Waals surface area contributed by atoms with Gasteiger partial charge in [-0.15, -0.1) is 11.6 Å². The standard InChI is InChI=1S/C24H29ClO10/c1-9-14(25)18-24(31,10(2)21(29)35-18)20(33-12(4)27)17-22(5,8-7-13(28)23(17,6)30)19(32-11(3)26)16-15(9)34-16/h7-8,10,14-20,30-31H,1H2,2-6H3/t10-,14-,15?,16?,17+,18-,19-,20-,22-,23+,24-/m0/s1. The van der Waals surface area contributed by atoms with Crippen LogP contribution in [0.25, 0.3) is 0 Å². The van der Waals surface area contributed by atoms with Gasteiger partial charge < -0.3 is 29.2 Å². The first-order chi connectivity index (χ1) is 16.1. The van der Waals surface area contributed by atoms with Crippen molar-refractivity contribution < 1.29 is 48.3 Å². The van der Waals surface area contributed by atoms with Gasteiger partial charge in [-0.3, -0.25) is 19.2 Å². The summed E-state index contributed by atoms with van der Waals surface area (Å²) in [6.45, 7) is 10.5.